The van der Waals surface area contributed by atoms with E-state index < -0.39 is 25.9 Å². The van der Waals surface area contributed by atoms with Crippen molar-refractivity contribution < 1.29 is 21.9 Å². The fourth-order valence-corrected chi connectivity index (χ4v) is 3.77. The van der Waals surface area contributed by atoms with Crippen LogP contribution in [0.1, 0.15) is 6.92 Å². The van der Waals surface area contributed by atoms with Gasteiger partial charge in [0, 0.05) is 12.3 Å². The summed E-state index contributed by atoms with van der Waals surface area (Å²) in [7, 11) is -7.53. The second-order valence-electron chi connectivity index (χ2n) is 4.07. The first-order valence-electron chi connectivity index (χ1n) is 5.20. The number of aliphatic hydroxyl groups excluding tert-OH is 1. The highest BCUT2D eigenvalue weighted by Gasteiger charge is 2.22. The van der Waals surface area contributed by atoms with Crippen molar-refractivity contribution in [1.82, 2.24) is 4.72 Å². The summed E-state index contributed by atoms with van der Waals surface area (Å²) in [4.78, 5) is -0.480. The molecule has 0 heterocycles. The average molecular weight is 328 g/mol. The highest BCUT2D eigenvalue weighted by molar-refractivity contribution is 7.91. The lowest BCUT2D eigenvalue weighted by Gasteiger charge is -2.13. The van der Waals surface area contributed by atoms with Crippen molar-refractivity contribution in [2.75, 3.05) is 12.9 Å². The predicted octanol–water partition coefficient (Wildman–Crippen LogP) is 0.403. The van der Waals surface area contributed by atoms with Gasteiger partial charge in [-0.3, -0.25) is 0 Å². The summed E-state index contributed by atoms with van der Waals surface area (Å²) < 4.78 is 49.0. The molecule has 6 nitrogen and oxygen atoms in total. The van der Waals surface area contributed by atoms with Gasteiger partial charge in [-0.25, -0.2) is 21.6 Å². The van der Waals surface area contributed by atoms with Crippen molar-refractivity contribution in [2.24, 2.45) is 0 Å². The van der Waals surface area contributed by atoms with E-state index in [-0.39, 0.29) is 21.4 Å². The van der Waals surface area contributed by atoms with Gasteiger partial charge in [-0.05, 0) is 25.1 Å². The van der Waals surface area contributed by atoms with E-state index in [4.69, 9.17) is 16.7 Å². The quantitative estimate of drug-likeness (QED) is 0.815. The standard InChI is InChI=1S/C10H14ClNO5S2/c1-7(6-13)12-19(16,17)10-5-8(18(2,14)15)3-4-9(10)11/h3-5,7,12-13H,6H2,1-2H3. The summed E-state index contributed by atoms with van der Waals surface area (Å²) in [6.45, 7) is 1.08. The Kier molecular flexibility index (Phi) is 4.97. The molecule has 1 unspecified atom stereocenters. The lowest BCUT2D eigenvalue weighted by Crippen LogP contribution is -2.35. The van der Waals surface area contributed by atoms with Crippen LogP contribution in [0, 0.1) is 0 Å². The normalized spacial score (nSPS) is 14.3. The Labute approximate surface area is 117 Å². The molecule has 0 spiro atoms. The molecule has 2 N–H and O–H groups in total. The van der Waals surface area contributed by atoms with E-state index in [9.17, 15) is 16.8 Å². The predicted molar refractivity (Wildman–Crippen MR) is 71.4 cm³/mol. The molecule has 0 amide bonds. The van der Waals surface area contributed by atoms with Crippen LogP contribution in [-0.4, -0.2) is 40.8 Å². The van der Waals surface area contributed by atoms with E-state index in [1.54, 1.807) is 0 Å². The van der Waals surface area contributed by atoms with Crippen molar-refractivity contribution >= 4 is 31.5 Å². The summed E-state index contributed by atoms with van der Waals surface area (Å²) in [5, 5.41) is 8.75. The van der Waals surface area contributed by atoms with Gasteiger partial charge in [0.1, 0.15) is 4.90 Å². The molecule has 1 aromatic rings. The molecule has 0 aliphatic heterocycles. The highest BCUT2D eigenvalue weighted by Crippen LogP contribution is 2.24. The molecule has 1 aromatic carbocycles. The second-order valence-corrected chi connectivity index (χ2v) is 8.17. The van der Waals surface area contributed by atoms with Gasteiger partial charge in [-0.1, -0.05) is 11.6 Å². The Morgan fingerprint density at radius 1 is 1.32 bits per heavy atom. The Bertz CT molecular complexity index is 669. The molecule has 9 heteroatoms. The number of aliphatic hydroxyl groups is 1. The SMILES string of the molecule is CC(CO)NS(=O)(=O)c1cc(S(C)(=O)=O)ccc1Cl. The summed E-state index contributed by atoms with van der Waals surface area (Å²) in [6, 6.07) is 2.72. The third kappa shape index (κ3) is 4.15. The van der Waals surface area contributed by atoms with Crippen LogP contribution in [0.5, 0.6) is 0 Å². The molecule has 0 fully saturated rings. The molecule has 0 aliphatic carbocycles. The lowest BCUT2D eigenvalue weighted by molar-refractivity contribution is 0.265. The van der Waals surface area contributed by atoms with Gasteiger partial charge < -0.3 is 5.11 Å². The number of nitrogens with one attached hydrogen (secondary N) is 1. The molecule has 1 atom stereocenters. The fourth-order valence-electron chi connectivity index (χ4n) is 1.29. The maximum Gasteiger partial charge on any atom is 0.242 e. The number of halogens is 1. The minimum Gasteiger partial charge on any atom is -0.395 e. The minimum absolute atomic E-state index is 0.0926. The molecule has 0 aliphatic rings. The first-order valence-corrected chi connectivity index (χ1v) is 8.96. The van der Waals surface area contributed by atoms with Gasteiger partial charge in [-0.2, -0.15) is 0 Å². The smallest absolute Gasteiger partial charge is 0.242 e. The lowest BCUT2D eigenvalue weighted by atomic mass is 10.4. The zero-order valence-corrected chi connectivity index (χ0v) is 12.7. The first kappa shape index (κ1) is 16.4. The van der Waals surface area contributed by atoms with Crippen LogP contribution >= 0.6 is 11.6 Å². The van der Waals surface area contributed by atoms with Crippen LogP contribution in [0.4, 0.5) is 0 Å². The van der Waals surface area contributed by atoms with Gasteiger partial charge in [0.2, 0.25) is 10.0 Å². The second kappa shape index (κ2) is 5.76. The number of sulfone groups is 1. The van der Waals surface area contributed by atoms with Crippen LogP contribution in [0.25, 0.3) is 0 Å². The summed E-state index contributed by atoms with van der Waals surface area (Å²) in [6.07, 6.45) is 0.969. The molecule has 19 heavy (non-hydrogen) atoms. The summed E-state index contributed by atoms with van der Waals surface area (Å²) in [5.41, 5.74) is 0. The summed E-state index contributed by atoms with van der Waals surface area (Å²) in [5.74, 6) is 0. The Hall–Kier alpha value is -0.670. The van der Waals surface area contributed by atoms with Crippen LogP contribution in [-0.2, 0) is 19.9 Å². The van der Waals surface area contributed by atoms with Gasteiger partial charge in [0.25, 0.3) is 0 Å². The number of benzene rings is 1. The maximum atomic E-state index is 12.0. The monoisotopic (exact) mass is 327 g/mol. The van der Waals surface area contributed by atoms with Crippen molar-refractivity contribution in [3.8, 4) is 0 Å². The van der Waals surface area contributed by atoms with Gasteiger partial charge in [0.05, 0.1) is 16.5 Å². The molecular weight excluding hydrogens is 314 g/mol. The molecule has 0 bridgehead atoms. The Morgan fingerprint density at radius 2 is 1.89 bits per heavy atom. The van der Waals surface area contributed by atoms with E-state index in [2.05, 4.69) is 4.72 Å². The molecule has 0 aromatic heterocycles. The van der Waals surface area contributed by atoms with Gasteiger partial charge in [-0.15, -0.1) is 0 Å². The third-order valence-electron chi connectivity index (χ3n) is 2.25. The van der Waals surface area contributed by atoms with Crippen LogP contribution in [0.15, 0.2) is 28.0 Å². The number of sulfonamides is 1. The van der Waals surface area contributed by atoms with Crippen LogP contribution < -0.4 is 4.72 Å². The van der Waals surface area contributed by atoms with E-state index >= 15 is 0 Å². The molecule has 0 radical (unpaired) electrons. The zero-order chi connectivity index (χ0) is 14.8. The van der Waals surface area contributed by atoms with Crippen molar-refractivity contribution in [2.45, 2.75) is 22.8 Å². The van der Waals surface area contributed by atoms with Crippen LogP contribution in [0.3, 0.4) is 0 Å². The minimum atomic E-state index is -3.99. The van der Waals surface area contributed by atoms with Crippen molar-refractivity contribution in [3.05, 3.63) is 23.2 Å². The number of rotatable bonds is 5. The topological polar surface area (TPSA) is 101 Å². The van der Waals surface area contributed by atoms with Gasteiger partial charge in [0.15, 0.2) is 9.84 Å². The largest absolute Gasteiger partial charge is 0.395 e. The Balaban J connectivity index is 3.34. The van der Waals surface area contributed by atoms with E-state index in [0.29, 0.717) is 0 Å². The van der Waals surface area contributed by atoms with Crippen LogP contribution in [0.2, 0.25) is 5.02 Å². The molecule has 108 valence electrons. The van der Waals surface area contributed by atoms with Crippen molar-refractivity contribution in [1.29, 1.82) is 0 Å². The first-order chi connectivity index (χ1) is 8.58. The molecular formula is C10H14ClNO5S2. The molecule has 1 rings (SSSR count). The Morgan fingerprint density at radius 3 is 2.37 bits per heavy atom. The van der Waals surface area contributed by atoms with Crippen molar-refractivity contribution in [3.63, 3.8) is 0 Å². The maximum absolute atomic E-state index is 12.0. The molecule has 0 saturated heterocycles. The third-order valence-corrected chi connectivity index (χ3v) is 5.43. The van der Waals surface area contributed by atoms with E-state index in [1.165, 1.54) is 19.1 Å². The number of hydrogen-bond acceptors (Lipinski definition) is 5. The zero-order valence-electron chi connectivity index (χ0n) is 10.3. The van der Waals surface area contributed by atoms with E-state index in [1.807, 2.05) is 0 Å². The number of hydrogen-bond donors (Lipinski definition) is 2. The highest BCUT2D eigenvalue weighted by atomic mass is 35.5. The fraction of sp³-hybridized carbons (Fsp3) is 0.400. The van der Waals surface area contributed by atoms with E-state index in [0.717, 1.165) is 12.3 Å². The summed E-state index contributed by atoms with van der Waals surface area (Å²) >= 11 is 5.78. The average Bonchev–Trinajstić information content (AvgIpc) is 2.26. The molecule has 0 saturated carbocycles. The van der Waals surface area contributed by atoms with Gasteiger partial charge >= 0.3 is 0 Å².